The molecule has 0 aliphatic carbocycles. The van der Waals surface area contributed by atoms with Gasteiger partial charge >= 0.3 is 134 Å². The summed E-state index contributed by atoms with van der Waals surface area (Å²) < 4.78 is 143. The first-order valence-corrected chi connectivity index (χ1v) is 10.8. The van der Waals surface area contributed by atoms with Gasteiger partial charge in [-0.1, -0.05) is 0 Å². The molecule has 0 saturated carbocycles. The minimum atomic E-state index is -5.50. The van der Waals surface area contributed by atoms with E-state index in [1.165, 1.54) is 0 Å². The zero-order chi connectivity index (χ0) is 17.3. The fourth-order valence-corrected chi connectivity index (χ4v) is 18.7. The van der Waals surface area contributed by atoms with E-state index in [4.69, 9.17) is 0 Å². The molecule has 0 unspecified atom stereocenters. The van der Waals surface area contributed by atoms with Crippen molar-refractivity contribution in [3.05, 3.63) is 0 Å². The topological polar surface area (TPSA) is 0 Å². The summed E-state index contributed by atoms with van der Waals surface area (Å²) in [5, 5.41) is -22.0. The quantitative estimate of drug-likeness (QED) is 0.343. The number of rotatable bonds is 4. The molecule has 0 fully saturated rings. The van der Waals surface area contributed by atoms with Crippen LogP contribution in [0.3, 0.4) is 0 Å². The Morgan fingerprint density at radius 1 is 0.333 bits per heavy atom. The van der Waals surface area contributed by atoms with Gasteiger partial charge in [-0.3, -0.25) is 0 Å². The van der Waals surface area contributed by atoms with Gasteiger partial charge in [-0.15, -0.1) is 0 Å². The molecule has 0 aromatic heterocycles. The van der Waals surface area contributed by atoms with Gasteiger partial charge in [0.25, 0.3) is 0 Å². The van der Waals surface area contributed by atoms with Crippen LogP contribution in [0.25, 0.3) is 0 Å². The second-order valence-electron chi connectivity index (χ2n) is 2.69. The van der Waals surface area contributed by atoms with Gasteiger partial charge in [0.05, 0.1) is 0 Å². The summed E-state index contributed by atoms with van der Waals surface area (Å²) in [7, 11) is 0. The molecular weight excluding hydrogens is 604 g/mol. The first-order chi connectivity index (χ1) is 8.83. The van der Waals surface area contributed by atoms with Gasteiger partial charge in [0, 0.05) is 0 Å². The van der Waals surface area contributed by atoms with Crippen molar-refractivity contribution in [2.45, 2.75) is 21.3 Å². The molecule has 0 aromatic rings. The van der Waals surface area contributed by atoms with E-state index in [0.29, 0.717) is 0 Å². The minimum absolute atomic E-state index is 3.43. The molecule has 0 saturated heterocycles. The van der Waals surface area contributed by atoms with Gasteiger partial charge in [0.15, 0.2) is 0 Å². The van der Waals surface area contributed by atoms with Crippen molar-refractivity contribution < 1.29 is 52.7 Å². The molecule has 0 aromatic carbocycles. The Morgan fingerprint density at radius 3 is 0.571 bits per heavy atom. The number of hydrogen-bond acceptors (Lipinski definition) is 0. The Labute approximate surface area is 133 Å². The predicted molar refractivity (Wildman–Crippen MR) is 49.9 cm³/mol. The second-order valence-corrected chi connectivity index (χ2v) is 21.3. The van der Waals surface area contributed by atoms with Gasteiger partial charge in [0.2, 0.25) is 0 Å². The Bertz CT molecular complexity index is 266. The number of hydrogen-bond donors (Lipinski definition) is 0. The Kier molecular flexibility index (Phi) is 7.42. The molecule has 0 radical (unpaired) electrons. The van der Waals surface area contributed by atoms with Gasteiger partial charge in [-0.2, -0.15) is 0 Å². The molecule has 16 heteroatoms. The van der Waals surface area contributed by atoms with Crippen LogP contribution in [0.1, 0.15) is 0 Å². The fourth-order valence-electron chi connectivity index (χ4n) is 0.692. The Balaban J connectivity index is 5.70. The summed E-state index contributed by atoms with van der Waals surface area (Å²) in [5.74, 6) is 0. The number of alkyl halides is 12. The summed E-state index contributed by atoms with van der Waals surface area (Å²) in [5.41, 5.74) is 0. The molecule has 0 bridgehead atoms. The van der Waals surface area contributed by atoms with Gasteiger partial charge in [-0.05, 0) is 0 Å². The van der Waals surface area contributed by atoms with Crippen molar-refractivity contribution >= 4 is 59.8 Å². The van der Waals surface area contributed by atoms with E-state index < -0.39 is 81.1 Å². The third kappa shape index (κ3) is 12.3. The van der Waals surface area contributed by atoms with Crippen molar-refractivity contribution in [1.82, 2.24) is 0 Å². The predicted octanol–water partition coefficient (Wildman–Crippen LogP) is 2.91. The van der Waals surface area contributed by atoms with Crippen LogP contribution in [-0.2, 0) is 0 Å². The van der Waals surface area contributed by atoms with Crippen molar-refractivity contribution in [2.24, 2.45) is 0 Å². The molecule has 0 atom stereocenters. The van der Waals surface area contributed by atoms with Gasteiger partial charge in [-0.25, -0.2) is 0 Å². The summed E-state index contributed by atoms with van der Waals surface area (Å²) in [6.45, 7) is 0. The van der Waals surface area contributed by atoms with Gasteiger partial charge < -0.3 is 0 Å². The van der Waals surface area contributed by atoms with E-state index in [-0.39, 0.29) is 0 Å². The third-order valence-corrected chi connectivity index (χ3v) is 15.9. The summed E-state index contributed by atoms with van der Waals surface area (Å²) in [6, 6.07) is 0. The van der Waals surface area contributed by atoms with E-state index >= 15 is 0 Å². The average molecular weight is 604 g/mol. The monoisotopic (exact) mass is 608 g/mol. The Hall–Kier alpha value is 1.24. The molecule has 0 N–H and O–H groups in total. The first-order valence-electron chi connectivity index (χ1n) is 3.90. The van der Waals surface area contributed by atoms with Crippen LogP contribution in [0.5, 0.6) is 0 Å². The van der Waals surface area contributed by atoms with Crippen molar-refractivity contribution in [3.8, 4) is 0 Å². The molecule has 0 nitrogen and oxygen atoms in total. The molecule has 21 heavy (non-hydrogen) atoms. The van der Waals surface area contributed by atoms with E-state index in [1.54, 1.807) is 0 Å². The third-order valence-electron chi connectivity index (χ3n) is 0.963. The molecule has 0 amide bonds. The molecule has 0 aliphatic rings. The average Bonchev–Trinajstić information content (AvgIpc) is 1.83. The van der Waals surface area contributed by atoms with Crippen LogP contribution in [0.15, 0.2) is 0 Å². The van der Waals surface area contributed by atoms with Crippen LogP contribution in [0, 0.1) is 0 Å². The van der Waals surface area contributed by atoms with E-state index in [2.05, 4.69) is 0 Å². The van der Waals surface area contributed by atoms with Crippen molar-refractivity contribution in [3.63, 3.8) is 0 Å². The van der Waals surface area contributed by atoms with Crippen LogP contribution < -0.4 is 0 Å². The zero-order valence-corrected chi connectivity index (χ0v) is 15.5. The van der Waals surface area contributed by atoms with Crippen LogP contribution in [0.2, 0.25) is 1.01 Å². The van der Waals surface area contributed by atoms with Crippen LogP contribution >= 0.6 is 0 Å². The fraction of sp³-hybridized carbons (Fsp3) is 1.00. The standard InChI is InChI=1S/C5F12Se4/c6-1(7,8)18-5(19-2(9,10)11,20-3(12,13)14)21-4(15,16)17. The molecule has 0 heterocycles. The summed E-state index contributed by atoms with van der Waals surface area (Å²) in [6.07, 6.45) is 0. The SMILES string of the molecule is FC(F)(F)[Se]C([Se]C(F)(F)F)([Se]C(F)(F)F)[Se]C(F)(F)F. The first kappa shape index (κ1) is 22.2. The maximum atomic E-state index is 12.2. The van der Waals surface area contributed by atoms with Crippen molar-refractivity contribution in [2.75, 3.05) is 0 Å². The van der Waals surface area contributed by atoms with Crippen LogP contribution in [-0.4, -0.2) is 80.1 Å². The van der Waals surface area contributed by atoms with E-state index in [0.717, 1.165) is 0 Å². The molecule has 0 rings (SSSR count). The van der Waals surface area contributed by atoms with E-state index in [1.807, 2.05) is 0 Å². The zero-order valence-electron chi connectivity index (χ0n) is 8.67. The molecular formula is C5F12Se4. The summed E-state index contributed by atoms with van der Waals surface area (Å²) in [4.78, 5) is 0. The Morgan fingerprint density at radius 2 is 0.476 bits per heavy atom. The summed E-state index contributed by atoms with van der Waals surface area (Å²) >= 11 is -13.7. The molecule has 128 valence electrons. The normalized spacial score (nSPS) is 15.4. The van der Waals surface area contributed by atoms with E-state index in [9.17, 15) is 52.7 Å². The number of halogens is 12. The van der Waals surface area contributed by atoms with Crippen LogP contribution in [0.4, 0.5) is 52.7 Å². The second kappa shape index (κ2) is 7.01. The molecule has 0 aliphatic heterocycles. The van der Waals surface area contributed by atoms with Gasteiger partial charge in [0.1, 0.15) is 0 Å². The molecule has 0 spiro atoms. The maximum absolute atomic E-state index is 12.2. The van der Waals surface area contributed by atoms with Crippen molar-refractivity contribution in [1.29, 1.82) is 0 Å².